The number of benzene rings is 1. The van der Waals surface area contributed by atoms with Crippen molar-refractivity contribution >= 4 is 11.9 Å². The third-order valence-electron chi connectivity index (χ3n) is 4.31. The Bertz CT molecular complexity index is 762. The average Bonchev–Trinajstić information content (AvgIpc) is 2.92. The fourth-order valence-corrected chi connectivity index (χ4v) is 2.99. The van der Waals surface area contributed by atoms with Crippen molar-refractivity contribution < 1.29 is 18.8 Å². The zero-order chi connectivity index (χ0) is 17.3. The zero-order valence-electron chi connectivity index (χ0n) is 14.0. The van der Waals surface area contributed by atoms with Gasteiger partial charge in [-0.15, -0.1) is 0 Å². The predicted octanol–water partition coefficient (Wildman–Crippen LogP) is 2.42. The Morgan fingerprint density at radius 3 is 2.62 bits per heavy atom. The minimum atomic E-state index is -0.850. The maximum absolute atomic E-state index is 12.6. The number of hydrogen-bond donors (Lipinski definition) is 0. The van der Waals surface area contributed by atoms with E-state index in [2.05, 4.69) is 11.2 Å². The van der Waals surface area contributed by atoms with Crippen molar-refractivity contribution in [1.82, 2.24) is 10.1 Å². The first kappa shape index (κ1) is 16.2. The summed E-state index contributed by atoms with van der Waals surface area (Å²) in [5, 5.41) is 3.73. The van der Waals surface area contributed by atoms with Crippen LogP contribution in [-0.4, -0.2) is 34.6 Å². The van der Waals surface area contributed by atoms with Crippen LogP contribution in [0.1, 0.15) is 39.9 Å². The van der Waals surface area contributed by atoms with E-state index in [1.807, 2.05) is 18.2 Å². The second-order valence-electron chi connectivity index (χ2n) is 6.03. The molecule has 0 N–H and O–H groups in total. The first-order valence-electron chi connectivity index (χ1n) is 7.96. The van der Waals surface area contributed by atoms with Gasteiger partial charge in [0, 0.05) is 13.1 Å². The maximum atomic E-state index is 12.6. The van der Waals surface area contributed by atoms with Gasteiger partial charge in [-0.25, -0.2) is 4.79 Å². The maximum Gasteiger partial charge on any atom is 0.344 e. The Balaban J connectivity index is 1.66. The lowest BCUT2D eigenvalue weighted by Gasteiger charge is -2.30. The Hall–Kier alpha value is -2.63. The van der Waals surface area contributed by atoms with E-state index in [4.69, 9.17) is 9.26 Å². The van der Waals surface area contributed by atoms with Gasteiger partial charge < -0.3 is 14.2 Å². The molecule has 24 heavy (non-hydrogen) atoms. The number of esters is 1. The van der Waals surface area contributed by atoms with Crippen LogP contribution in [0, 0.1) is 13.8 Å². The normalized spacial score (nSPS) is 14.9. The first-order chi connectivity index (χ1) is 11.5. The molecule has 0 fully saturated rings. The van der Waals surface area contributed by atoms with Crippen molar-refractivity contribution in [2.75, 3.05) is 6.54 Å². The average molecular weight is 328 g/mol. The van der Waals surface area contributed by atoms with Crippen molar-refractivity contribution in [3.63, 3.8) is 0 Å². The molecule has 2 aromatic rings. The second kappa shape index (κ2) is 6.47. The Labute approximate surface area is 140 Å². The van der Waals surface area contributed by atoms with Crippen LogP contribution in [0.2, 0.25) is 0 Å². The molecule has 0 radical (unpaired) electrons. The Morgan fingerprint density at radius 1 is 1.25 bits per heavy atom. The number of aromatic nitrogens is 1. The third-order valence-corrected chi connectivity index (χ3v) is 4.31. The number of carbonyl (C=O) groups excluding carboxylic acids is 2. The minimum Gasteiger partial charge on any atom is -0.449 e. The van der Waals surface area contributed by atoms with Crippen molar-refractivity contribution in [3.05, 3.63) is 52.4 Å². The molecule has 0 aliphatic carbocycles. The summed E-state index contributed by atoms with van der Waals surface area (Å²) in [4.78, 5) is 26.6. The molecule has 1 aromatic heterocycles. The summed E-state index contributed by atoms with van der Waals surface area (Å²) in [6.07, 6.45) is -0.0385. The lowest BCUT2D eigenvalue weighted by Crippen LogP contribution is -2.42. The summed E-state index contributed by atoms with van der Waals surface area (Å²) in [5.41, 5.74) is 3.16. The summed E-state index contributed by atoms with van der Waals surface area (Å²) in [6, 6.07) is 8.07. The van der Waals surface area contributed by atoms with Crippen molar-refractivity contribution in [3.8, 4) is 0 Å². The Morgan fingerprint density at radius 2 is 1.96 bits per heavy atom. The highest BCUT2D eigenvalue weighted by molar-refractivity contribution is 5.93. The molecule has 0 saturated carbocycles. The van der Waals surface area contributed by atoms with E-state index >= 15 is 0 Å². The SMILES string of the molecule is Cc1noc(C)c1C(=O)O[C@@H](C)C(=O)N1CCc2ccccc2C1. The molecule has 1 aromatic carbocycles. The molecular weight excluding hydrogens is 308 g/mol. The number of hydrogen-bond acceptors (Lipinski definition) is 5. The van der Waals surface area contributed by atoms with Gasteiger partial charge in [-0.05, 0) is 38.3 Å². The topological polar surface area (TPSA) is 72.6 Å². The third kappa shape index (κ3) is 3.04. The zero-order valence-corrected chi connectivity index (χ0v) is 14.0. The fourth-order valence-electron chi connectivity index (χ4n) is 2.99. The number of rotatable bonds is 3. The first-order valence-corrected chi connectivity index (χ1v) is 7.96. The van der Waals surface area contributed by atoms with E-state index in [0.29, 0.717) is 30.1 Å². The highest BCUT2D eigenvalue weighted by Gasteiger charge is 2.29. The number of ether oxygens (including phenoxy) is 1. The van der Waals surface area contributed by atoms with E-state index in [-0.39, 0.29) is 5.91 Å². The molecular formula is C18H20N2O4. The summed E-state index contributed by atoms with van der Waals surface area (Å²) < 4.78 is 10.3. The molecule has 0 spiro atoms. The van der Waals surface area contributed by atoms with Gasteiger partial charge in [-0.2, -0.15) is 0 Å². The van der Waals surface area contributed by atoms with Gasteiger partial charge in [0.1, 0.15) is 11.3 Å². The van der Waals surface area contributed by atoms with E-state index < -0.39 is 12.1 Å². The number of fused-ring (bicyclic) bond motifs is 1. The molecule has 0 unspecified atom stereocenters. The van der Waals surface area contributed by atoms with Gasteiger partial charge >= 0.3 is 5.97 Å². The summed E-state index contributed by atoms with van der Waals surface area (Å²) in [5.74, 6) is -0.377. The van der Waals surface area contributed by atoms with Crippen LogP contribution in [0.3, 0.4) is 0 Å². The molecule has 0 saturated heterocycles. The van der Waals surface area contributed by atoms with Crippen LogP contribution in [0.25, 0.3) is 0 Å². The van der Waals surface area contributed by atoms with Gasteiger partial charge in [0.05, 0.1) is 5.69 Å². The van der Waals surface area contributed by atoms with Crippen LogP contribution in [0.4, 0.5) is 0 Å². The van der Waals surface area contributed by atoms with Crippen molar-refractivity contribution in [1.29, 1.82) is 0 Å². The highest BCUT2D eigenvalue weighted by Crippen LogP contribution is 2.20. The number of amides is 1. The second-order valence-corrected chi connectivity index (χ2v) is 6.03. The molecule has 1 aliphatic rings. The van der Waals surface area contributed by atoms with Crippen LogP contribution in [0.15, 0.2) is 28.8 Å². The summed E-state index contributed by atoms with van der Waals surface area (Å²) in [6.45, 7) is 6.08. The Kier molecular flexibility index (Phi) is 4.38. The van der Waals surface area contributed by atoms with Gasteiger partial charge in [-0.1, -0.05) is 29.4 Å². The molecule has 1 amide bonds. The fraction of sp³-hybridized carbons (Fsp3) is 0.389. The number of nitrogens with zero attached hydrogens (tertiary/aromatic N) is 2. The lowest BCUT2D eigenvalue weighted by molar-refractivity contribution is -0.140. The standard InChI is InChI=1S/C18H20N2O4/c1-11-16(12(2)24-19-11)18(22)23-13(3)17(21)20-9-8-14-6-4-5-7-15(14)10-20/h4-7,13H,8-10H2,1-3H3/t13-/m0/s1. The van der Waals surface area contributed by atoms with E-state index in [9.17, 15) is 9.59 Å². The highest BCUT2D eigenvalue weighted by atomic mass is 16.5. The summed E-state index contributed by atoms with van der Waals surface area (Å²) >= 11 is 0. The molecule has 1 aliphatic heterocycles. The number of carbonyl (C=O) groups is 2. The van der Waals surface area contributed by atoms with Crippen LogP contribution in [0.5, 0.6) is 0 Å². The largest absolute Gasteiger partial charge is 0.449 e. The van der Waals surface area contributed by atoms with Gasteiger partial charge in [0.2, 0.25) is 0 Å². The summed E-state index contributed by atoms with van der Waals surface area (Å²) in [7, 11) is 0. The molecule has 3 rings (SSSR count). The molecule has 126 valence electrons. The quantitative estimate of drug-likeness (QED) is 0.809. The van der Waals surface area contributed by atoms with Crippen LogP contribution < -0.4 is 0 Å². The molecule has 2 heterocycles. The minimum absolute atomic E-state index is 0.190. The smallest absolute Gasteiger partial charge is 0.344 e. The molecule has 6 nitrogen and oxygen atoms in total. The van der Waals surface area contributed by atoms with Crippen LogP contribution >= 0.6 is 0 Å². The monoisotopic (exact) mass is 328 g/mol. The van der Waals surface area contributed by atoms with Crippen molar-refractivity contribution in [2.45, 2.75) is 39.8 Å². The van der Waals surface area contributed by atoms with Crippen molar-refractivity contribution in [2.24, 2.45) is 0 Å². The molecule has 0 bridgehead atoms. The molecule has 1 atom stereocenters. The van der Waals surface area contributed by atoms with E-state index in [0.717, 1.165) is 12.0 Å². The van der Waals surface area contributed by atoms with Gasteiger partial charge in [0.15, 0.2) is 6.10 Å². The number of aryl methyl sites for hydroxylation is 2. The van der Waals surface area contributed by atoms with Crippen LogP contribution in [-0.2, 0) is 22.5 Å². The molecule has 6 heteroatoms. The van der Waals surface area contributed by atoms with Gasteiger partial charge in [-0.3, -0.25) is 4.79 Å². The van der Waals surface area contributed by atoms with Gasteiger partial charge in [0.25, 0.3) is 5.91 Å². The lowest BCUT2D eigenvalue weighted by atomic mass is 9.99. The predicted molar refractivity (Wildman–Crippen MR) is 86.4 cm³/mol. The van der Waals surface area contributed by atoms with E-state index in [1.54, 1.807) is 25.7 Å². The van der Waals surface area contributed by atoms with E-state index in [1.165, 1.54) is 5.56 Å².